The summed E-state index contributed by atoms with van der Waals surface area (Å²) in [6.07, 6.45) is 2.22. The summed E-state index contributed by atoms with van der Waals surface area (Å²) in [6, 6.07) is 8.85. The number of nitrogens with zero attached hydrogens (tertiary/aromatic N) is 2. The minimum atomic E-state index is -0.366. The van der Waals surface area contributed by atoms with Crippen molar-refractivity contribution in [3.05, 3.63) is 29.8 Å². The van der Waals surface area contributed by atoms with Gasteiger partial charge in [0.1, 0.15) is 5.75 Å². The number of fused-ring (bicyclic) bond motifs is 6. The van der Waals surface area contributed by atoms with E-state index in [0.29, 0.717) is 6.04 Å². The van der Waals surface area contributed by atoms with Crippen molar-refractivity contribution in [2.24, 2.45) is 4.99 Å². The van der Waals surface area contributed by atoms with Crippen molar-refractivity contribution in [2.45, 2.75) is 31.5 Å². The Kier molecular flexibility index (Phi) is 2.19. The van der Waals surface area contributed by atoms with E-state index in [4.69, 9.17) is 9.73 Å². The summed E-state index contributed by atoms with van der Waals surface area (Å²) in [4.78, 5) is 7.31. The van der Waals surface area contributed by atoms with E-state index >= 15 is 0 Å². The molecular formula is C14H16N2OS. The van der Waals surface area contributed by atoms with Crippen LogP contribution in [0.25, 0.3) is 0 Å². The molecule has 18 heavy (non-hydrogen) atoms. The number of hydrogen-bond donors (Lipinski definition) is 0. The molecule has 1 aromatic rings. The zero-order valence-corrected chi connectivity index (χ0v) is 11.2. The molecule has 0 saturated carbocycles. The van der Waals surface area contributed by atoms with E-state index in [2.05, 4.69) is 30.0 Å². The molecule has 0 spiro atoms. The number of hydrogen-bond acceptors (Lipinski definition) is 4. The van der Waals surface area contributed by atoms with Gasteiger partial charge in [0.25, 0.3) is 0 Å². The van der Waals surface area contributed by atoms with Crippen molar-refractivity contribution in [2.75, 3.05) is 12.3 Å². The van der Waals surface area contributed by atoms with Gasteiger partial charge in [-0.1, -0.05) is 30.0 Å². The second-order valence-electron chi connectivity index (χ2n) is 5.32. The molecule has 3 heterocycles. The van der Waals surface area contributed by atoms with Gasteiger partial charge in [-0.25, -0.2) is 4.99 Å². The predicted molar refractivity (Wildman–Crippen MR) is 74.0 cm³/mol. The molecule has 3 aliphatic heterocycles. The molecular weight excluding hydrogens is 244 g/mol. The van der Waals surface area contributed by atoms with Crippen LogP contribution in [0.2, 0.25) is 0 Å². The molecule has 2 atom stereocenters. The number of aliphatic imine (C=N–C) groups is 1. The molecule has 0 amide bonds. The number of ether oxygens (including phenoxy) is 1. The minimum absolute atomic E-state index is 0.366. The lowest BCUT2D eigenvalue weighted by Crippen LogP contribution is -2.51. The average Bonchev–Trinajstić information content (AvgIpc) is 2.38. The monoisotopic (exact) mass is 260 g/mol. The summed E-state index contributed by atoms with van der Waals surface area (Å²) in [6.45, 7) is 3.23. The molecule has 0 unspecified atom stereocenters. The summed E-state index contributed by atoms with van der Waals surface area (Å²) >= 11 is 1.87. The van der Waals surface area contributed by atoms with E-state index in [1.807, 2.05) is 17.8 Å². The Morgan fingerprint density at radius 2 is 2.33 bits per heavy atom. The summed E-state index contributed by atoms with van der Waals surface area (Å²) in [5.41, 5.74) is 0.958. The van der Waals surface area contributed by atoms with E-state index in [9.17, 15) is 0 Å². The molecule has 3 nitrogen and oxygen atoms in total. The highest BCUT2D eigenvalue weighted by Gasteiger charge is 2.45. The SMILES string of the molecule is C[C@@]12C[C@H](c3ccccc3O1)N1CCCSC1=N2. The molecule has 4 heteroatoms. The van der Waals surface area contributed by atoms with Crippen LogP contribution in [-0.2, 0) is 0 Å². The third-order valence-electron chi connectivity index (χ3n) is 3.91. The Bertz CT molecular complexity index is 530. The van der Waals surface area contributed by atoms with Crippen molar-refractivity contribution >= 4 is 16.9 Å². The topological polar surface area (TPSA) is 24.8 Å². The lowest BCUT2D eigenvalue weighted by Gasteiger charge is -2.48. The van der Waals surface area contributed by atoms with Gasteiger partial charge in [-0.2, -0.15) is 0 Å². The third kappa shape index (κ3) is 1.48. The molecule has 1 aromatic carbocycles. The van der Waals surface area contributed by atoms with E-state index in [1.165, 1.54) is 22.9 Å². The Labute approximate surface area is 111 Å². The second kappa shape index (κ2) is 3.67. The number of thioether (sulfide) groups is 1. The standard InChI is InChI=1S/C14H16N2OS/c1-14-9-11(10-5-2-3-6-12(10)17-14)16-7-4-8-18-13(16)15-14/h2-3,5-6,11H,4,7-9H2,1H3/t11-,14+/m1/s1. The van der Waals surface area contributed by atoms with E-state index in [0.717, 1.165) is 18.7 Å². The second-order valence-corrected chi connectivity index (χ2v) is 6.39. The first-order valence-electron chi connectivity index (χ1n) is 6.52. The summed E-state index contributed by atoms with van der Waals surface area (Å²) in [5.74, 6) is 2.19. The molecule has 0 radical (unpaired) electrons. The maximum Gasteiger partial charge on any atom is 0.202 e. The van der Waals surface area contributed by atoms with Gasteiger partial charge in [0.05, 0.1) is 6.04 Å². The molecule has 3 aliphatic rings. The van der Waals surface area contributed by atoms with Crippen LogP contribution in [0.15, 0.2) is 29.3 Å². The molecule has 4 rings (SSSR count). The van der Waals surface area contributed by atoms with E-state index in [-0.39, 0.29) is 5.72 Å². The largest absolute Gasteiger partial charge is 0.466 e. The van der Waals surface area contributed by atoms with E-state index in [1.54, 1.807) is 0 Å². The van der Waals surface area contributed by atoms with Gasteiger partial charge in [-0.3, -0.25) is 0 Å². The first-order valence-corrected chi connectivity index (χ1v) is 7.51. The molecule has 1 fully saturated rings. The Morgan fingerprint density at radius 1 is 1.44 bits per heavy atom. The van der Waals surface area contributed by atoms with Crippen molar-refractivity contribution in [3.63, 3.8) is 0 Å². The molecule has 0 aliphatic carbocycles. The van der Waals surface area contributed by atoms with Gasteiger partial charge >= 0.3 is 0 Å². The number of amidine groups is 1. The number of benzene rings is 1. The number of rotatable bonds is 0. The summed E-state index contributed by atoms with van der Waals surface area (Å²) in [7, 11) is 0. The van der Waals surface area contributed by atoms with Crippen molar-refractivity contribution < 1.29 is 4.74 Å². The van der Waals surface area contributed by atoms with Gasteiger partial charge in [0, 0.05) is 24.3 Å². The average molecular weight is 260 g/mol. The van der Waals surface area contributed by atoms with Gasteiger partial charge in [0.2, 0.25) is 5.72 Å². The van der Waals surface area contributed by atoms with Crippen LogP contribution in [0.4, 0.5) is 0 Å². The van der Waals surface area contributed by atoms with Crippen LogP contribution >= 0.6 is 11.8 Å². The highest BCUT2D eigenvalue weighted by molar-refractivity contribution is 8.13. The van der Waals surface area contributed by atoms with Crippen molar-refractivity contribution in [1.29, 1.82) is 0 Å². The first-order chi connectivity index (χ1) is 8.75. The van der Waals surface area contributed by atoms with Gasteiger partial charge < -0.3 is 9.64 Å². The smallest absolute Gasteiger partial charge is 0.202 e. The van der Waals surface area contributed by atoms with Crippen LogP contribution in [0, 0.1) is 0 Å². The van der Waals surface area contributed by atoms with Gasteiger partial charge in [-0.05, 0) is 19.4 Å². The fourth-order valence-electron chi connectivity index (χ4n) is 3.11. The number of para-hydroxylation sites is 1. The summed E-state index contributed by atoms with van der Waals surface area (Å²) < 4.78 is 6.11. The Morgan fingerprint density at radius 3 is 3.28 bits per heavy atom. The normalized spacial score (nSPS) is 33.1. The highest BCUT2D eigenvalue weighted by Crippen LogP contribution is 2.48. The van der Waals surface area contributed by atoms with Crippen molar-refractivity contribution in [1.82, 2.24) is 4.90 Å². The predicted octanol–water partition coefficient (Wildman–Crippen LogP) is 3.03. The quantitative estimate of drug-likeness (QED) is 0.717. The minimum Gasteiger partial charge on any atom is -0.466 e. The van der Waals surface area contributed by atoms with Crippen LogP contribution in [-0.4, -0.2) is 28.1 Å². The summed E-state index contributed by atoms with van der Waals surface area (Å²) in [5, 5.41) is 1.18. The third-order valence-corrected chi connectivity index (χ3v) is 4.99. The van der Waals surface area contributed by atoms with Crippen LogP contribution < -0.4 is 4.74 Å². The zero-order valence-electron chi connectivity index (χ0n) is 10.4. The van der Waals surface area contributed by atoms with Gasteiger partial charge in [-0.15, -0.1) is 0 Å². The highest BCUT2D eigenvalue weighted by atomic mass is 32.2. The zero-order chi connectivity index (χ0) is 12.2. The van der Waals surface area contributed by atoms with Crippen molar-refractivity contribution in [3.8, 4) is 5.75 Å². The van der Waals surface area contributed by atoms with Crippen LogP contribution in [0.3, 0.4) is 0 Å². The lowest BCUT2D eigenvalue weighted by atomic mass is 9.91. The maximum atomic E-state index is 6.11. The molecule has 0 N–H and O–H groups in total. The molecule has 0 aromatic heterocycles. The van der Waals surface area contributed by atoms with Crippen LogP contribution in [0.5, 0.6) is 5.75 Å². The molecule has 1 saturated heterocycles. The van der Waals surface area contributed by atoms with Crippen LogP contribution in [0.1, 0.15) is 31.4 Å². The lowest BCUT2D eigenvalue weighted by molar-refractivity contribution is 0.0244. The Balaban J connectivity index is 1.86. The molecule has 2 bridgehead atoms. The Hall–Kier alpha value is -1.16. The van der Waals surface area contributed by atoms with Gasteiger partial charge in [0.15, 0.2) is 5.17 Å². The van der Waals surface area contributed by atoms with E-state index < -0.39 is 0 Å². The maximum absolute atomic E-state index is 6.11. The molecule has 94 valence electrons. The fraction of sp³-hybridized carbons (Fsp3) is 0.500. The fourth-order valence-corrected chi connectivity index (χ4v) is 4.21. The first kappa shape index (κ1) is 10.7.